The van der Waals surface area contributed by atoms with Crippen LogP contribution in [-0.2, 0) is 0 Å². The van der Waals surface area contributed by atoms with E-state index in [9.17, 15) is 0 Å². The molecule has 1 aromatic rings. The van der Waals surface area contributed by atoms with Gasteiger partial charge in [-0.1, -0.05) is 17.5 Å². The normalized spacial score (nSPS) is 12.0. The molecule has 0 amide bonds. The van der Waals surface area contributed by atoms with Gasteiger partial charge in [-0.2, -0.15) is 5.10 Å². The van der Waals surface area contributed by atoms with Crippen molar-refractivity contribution in [2.75, 3.05) is 0 Å². The molecule has 1 heterocycles. The fourth-order valence-corrected chi connectivity index (χ4v) is 0.803. The zero-order valence-electron chi connectivity index (χ0n) is 6.85. The van der Waals surface area contributed by atoms with E-state index in [0.29, 0.717) is 10.7 Å². The number of hydrogen-bond acceptors (Lipinski definition) is 2. The van der Waals surface area contributed by atoms with E-state index in [0.717, 1.165) is 5.69 Å². The van der Waals surface area contributed by atoms with Crippen molar-refractivity contribution >= 4 is 11.6 Å². The molecule has 2 N–H and O–H groups in total. The van der Waals surface area contributed by atoms with Gasteiger partial charge in [0.25, 0.3) is 0 Å². The summed E-state index contributed by atoms with van der Waals surface area (Å²) >= 11 is 5.81. The first-order valence-electron chi connectivity index (χ1n) is 3.51. The van der Waals surface area contributed by atoms with Crippen molar-refractivity contribution in [3.8, 4) is 11.8 Å². The second kappa shape index (κ2) is 3.61. The predicted molar refractivity (Wildman–Crippen MR) is 46.9 cm³/mol. The highest BCUT2D eigenvalue weighted by molar-refractivity contribution is 6.32. The van der Waals surface area contributed by atoms with Crippen molar-refractivity contribution in [1.29, 1.82) is 0 Å². The van der Waals surface area contributed by atoms with Crippen molar-refractivity contribution in [3.05, 3.63) is 16.4 Å². The van der Waals surface area contributed by atoms with Crippen LogP contribution in [-0.4, -0.2) is 21.4 Å². The van der Waals surface area contributed by atoms with Gasteiger partial charge in [0, 0.05) is 0 Å². The fraction of sp³-hybridized carbons (Fsp3) is 0.375. The maximum Gasteiger partial charge on any atom is 0.154 e. The molecule has 1 rings (SSSR count). The Morgan fingerprint density at radius 1 is 1.67 bits per heavy atom. The van der Waals surface area contributed by atoms with Crippen LogP contribution in [0, 0.1) is 18.8 Å². The molecule has 0 aliphatic rings. The van der Waals surface area contributed by atoms with Crippen LogP contribution in [0.4, 0.5) is 0 Å². The monoisotopic (exact) mass is 184 g/mol. The van der Waals surface area contributed by atoms with Gasteiger partial charge in [0.2, 0.25) is 0 Å². The molecular formula is C8H9ClN2O. The van der Waals surface area contributed by atoms with Crippen LogP contribution in [0.1, 0.15) is 18.3 Å². The van der Waals surface area contributed by atoms with Crippen molar-refractivity contribution in [2.24, 2.45) is 0 Å². The average molecular weight is 185 g/mol. The Bertz CT molecular complexity index is 333. The first-order valence-corrected chi connectivity index (χ1v) is 3.89. The Hall–Kier alpha value is -0.980. The molecule has 3 nitrogen and oxygen atoms in total. The Labute approximate surface area is 75.8 Å². The summed E-state index contributed by atoms with van der Waals surface area (Å²) in [5.41, 5.74) is 1.27. The van der Waals surface area contributed by atoms with E-state index in [1.165, 1.54) is 0 Å². The van der Waals surface area contributed by atoms with E-state index in [1.807, 2.05) is 6.92 Å². The molecule has 64 valence electrons. The van der Waals surface area contributed by atoms with Crippen LogP contribution >= 0.6 is 11.6 Å². The van der Waals surface area contributed by atoms with Crippen LogP contribution in [0.15, 0.2) is 0 Å². The van der Waals surface area contributed by atoms with Crippen LogP contribution < -0.4 is 0 Å². The molecule has 0 aliphatic heterocycles. The lowest BCUT2D eigenvalue weighted by Gasteiger charge is -1.86. The second-order valence-corrected chi connectivity index (χ2v) is 2.83. The van der Waals surface area contributed by atoms with Gasteiger partial charge in [0.05, 0.1) is 10.7 Å². The number of hydrogen-bond donors (Lipinski definition) is 2. The van der Waals surface area contributed by atoms with Crippen LogP contribution in [0.5, 0.6) is 0 Å². The van der Waals surface area contributed by atoms with Gasteiger partial charge in [-0.15, -0.1) is 0 Å². The SMILES string of the molecule is Cc1[nH]nc(C#CC(C)O)c1Cl. The molecule has 0 fully saturated rings. The lowest BCUT2D eigenvalue weighted by molar-refractivity contribution is 0.253. The summed E-state index contributed by atoms with van der Waals surface area (Å²) in [6.45, 7) is 3.39. The highest BCUT2D eigenvalue weighted by Crippen LogP contribution is 2.15. The fourth-order valence-electron chi connectivity index (χ4n) is 0.671. The molecular weight excluding hydrogens is 176 g/mol. The number of nitrogens with one attached hydrogen (secondary N) is 1. The van der Waals surface area contributed by atoms with E-state index in [1.54, 1.807) is 6.92 Å². The van der Waals surface area contributed by atoms with Crippen LogP contribution in [0.25, 0.3) is 0 Å². The van der Waals surface area contributed by atoms with Crippen molar-refractivity contribution in [3.63, 3.8) is 0 Å². The number of aliphatic hydroxyl groups is 1. The van der Waals surface area contributed by atoms with Crippen molar-refractivity contribution < 1.29 is 5.11 Å². The van der Waals surface area contributed by atoms with Gasteiger partial charge >= 0.3 is 0 Å². The summed E-state index contributed by atoms with van der Waals surface area (Å²) in [6, 6.07) is 0. The molecule has 1 atom stereocenters. The van der Waals surface area contributed by atoms with Crippen LogP contribution in [0.2, 0.25) is 5.02 Å². The lowest BCUT2D eigenvalue weighted by atomic mass is 10.3. The molecule has 1 aromatic heterocycles. The highest BCUT2D eigenvalue weighted by atomic mass is 35.5. The number of nitrogens with zero attached hydrogens (tertiary/aromatic N) is 1. The molecule has 0 saturated carbocycles. The number of aromatic amines is 1. The number of H-pyrrole nitrogens is 1. The number of aryl methyl sites for hydroxylation is 1. The molecule has 0 spiro atoms. The largest absolute Gasteiger partial charge is 0.381 e. The predicted octanol–water partition coefficient (Wildman–Crippen LogP) is 1.10. The molecule has 0 saturated heterocycles. The minimum absolute atomic E-state index is 0.482. The molecule has 12 heavy (non-hydrogen) atoms. The van der Waals surface area contributed by atoms with Gasteiger partial charge in [0.1, 0.15) is 6.10 Å². The summed E-state index contributed by atoms with van der Waals surface area (Å²) in [4.78, 5) is 0. The smallest absolute Gasteiger partial charge is 0.154 e. The Kier molecular flexibility index (Phi) is 2.74. The lowest BCUT2D eigenvalue weighted by Crippen LogP contribution is -1.92. The topological polar surface area (TPSA) is 48.9 Å². The summed E-state index contributed by atoms with van der Waals surface area (Å²) in [7, 11) is 0. The Morgan fingerprint density at radius 3 is 2.75 bits per heavy atom. The van der Waals surface area contributed by atoms with Crippen molar-refractivity contribution in [1.82, 2.24) is 10.2 Å². The zero-order valence-corrected chi connectivity index (χ0v) is 7.61. The minimum atomic E-state index is -0.655. The maximum absolute atomic E-state index is 8.86. The minimum Gasteiger partial charge on any atom is -0.381 e. The van der Waals surface area contributed by atoms with Crippen molar-refractivity contribution in [2.45, 2.75) is 20.0 Å². The Morgan fingerprint density at radius 2 is 2.33 bits per heavy atom. The summed E-state index contributed by atoms with van der Waals surface area (Å²) < 4.78 is 0. The third-order valence-electron chi connectivity index (χ3n) is 1.27. The maximum atomic E-state index is 8.86. The first-order chi connectivity index (χ1) is 5.61. The molecule has 0 bridgehead atoms. The van der Waals surface area contributed by atoms with Gasteiger partial charge in [-0.05, 0) is 19.8 Å². The average Bonchev–Trinajstić information content (AvgIpc) is 2.30. The summed E-state index contributed by atoms with van der Waals surface area (Å²) in [5, 5.41) is 15.9. The van der Waals surface area contributed by atoms with E-state index in [4.69, 9.17) is 16.7 Å². The second-order valence-electron chi connectivity index (χ2n) is 2.46. The Balaban J connectivity index is 2.92. The van der Waals surface area contributed by atoms with Gasteiger partial charge in [-0.25, -0.2) is 0 Å². The molecule has 0 aromatic carbocycles. The number of aromatic nitrogens is 2. The number of rotatable bonds is 0. The molecule has 1 unspecified atom stereocenters. The van der Waals surface area contributed by atoms with E-state index >= 15 is 0 Å². The summed E-state index contributed by atoms with van der Waals surface area (Å²) in [6.07, 6.45) is -0.655. The van der Waals surface area contributed by atoms with E-state index in [2.05, 4.69) is 22.0 Å². The molecule has 4 heteroatoms. The third kappa shape index (κ3) is 2.00. The zero-order chi connectivity index (χ0) is 9.14. The number of aliphatic hydroxyl groups excluding tert-OH is 1. The van der Waals surface area contributed by atoms with Gasteiger partial charge in [-0.3, -0.25) is 5.10 Å². The van der Waals surface area contributed by atoms with Crippen LogP contribution in [0.3, 0.4) is 0 Å². The third-order valence-corrected chi connectivity index (χ3v) is 1.73. The molecule has 0 aliphatic carbocycles. The molecule has 0 radical (unpaired) electrons. The highest BCUT2D eigenvalue weighted by Gasteiger charge is 2.03. The van der Waals surface area contributed by atoms with Gasteiger partial charge in [0.15, 0.2) is 5.69 Å². The van der Waals surface area contributed by atoms with E-state index in [-0.39, 0.29) is 0 Å². The van der Waals surface area contributed by atoms with E-state index < -0.39 is 6.10 Å². The quantitative estimate of drug-likeness (QED) is 0.594. The first kappa shape index (κ1) is 9.11. The summed E-state index contributed by atoms with van der Waals surface area (Å²) in [5.74, 6) is 5.21. The number of halogens is 1. The van der Waals surface area contributed by atoms with Gasteiger partial charge < -0.3 is 5.11 Å². The standard InChI is InChI=1S/C8H9ClN2O/c1-5(12)3-4-7-8(9)6(2)10-11-7/h5,12H,1-2H3,(H,10,11).